The number of ether oxygens (including phenoxy) is 1. The molecule has 1 N–H and O–H groups in total. The molecule has 0 aliphatic heterocycles. The van der Waals surface area contributed by atoms with Gasteiger partial charge >= 0.3 is 6.09 Å². The van der Waals surface area contributed by atoms with Crippen LogP contribution in [0.1, 0.15) is 6.42 Å². The van der Waals surface area contributed by atoms with Gasteiger partial charge in [0.1, 0.15) is 13.2 Å². The minimum absolute atomic E-state index is 0.0393. The summed E-state index contributed by atoms with van der Waals surface area (Å²) < 4.78 is 5.85. The predicted molar refractivity (Wildman–Crippen MR) is 73.5 cm³/mol. The molecule has 0 rings (SSSR count). The largest absolute Gasteiger partial charge is 0.444 e. The van der Waals surface area contributed by atoms with Gasteiger partial charge in [0.2, 0.25) is 0 Å². The molecule has 0 aromatic rings. The average molecular weight is 267 g/mol. The maximum absolute atomic E-state index is 11.4. The van der Waals surface area contributed by atoms with Gasteiger partial charge in [-0.15, -0.1) is 0 Å². The first-order valence-corrected chi connectivity index (χ1v) is 6.61. The first kappa shape index (κ1) is 15.9. The number of nitrogens with zero attached hydrogens (tertiary/aromatic N) is 1. The van der Waals surface area contributed by atoms with Gasteiger partial charge in [0, 0.05) is 11.8 Å². The lowest BCUT2D eigenvalue weighted by atomic mass is 10.3. The van der Waals surface area contributed by atoms with Gasteiger partial charge in [0.25, 0.3) is 0 Å². The molecule has 0 aliphatic carbocycles. The number of carbonyl (C=O) groups is 1. The molecule has 1 unspecified atom stereocenters. The standard InChI is InChI=1S/C10H22N2O2S2/c1-12(2,3)5-6-14-10(13)11-9(8-16)4-7-15/h9H,4-8H2,1-3H3,(H2-,11,13,15,16)/p+1. The van der Waals surface area contributed by atoms with Crippen LogP contribution in [0.15, 0.2) is 0 Å². The highest BCUT2D eigenvalue weighted by Gasteiger charge is 2.12. The predicted octanol–water partition coefficient (Wildman–Crippen LogP) is 1.04. The fourth-order valence-corrected chi connectivity index (χ4v) is 1.57. The Bertz CT molecular complexity index is 207. The number of rotatable bonds is 7. The van der Waals surface area contributed by atoms with Crippen molar-refractivity contribution in [2.24, 2.45) is 0 Å². The van der Waals surface area contributed by atoms with E-state index >= 15 is 0 Å². The summed E-state index contributed by atoms with van der Waals surface area (Å²) in [7, 11) is 6.16. The Hall–Kier alpha value is -0.0700. The van der Waals surface area contributed by atoms with Crippen LogP contribution in [0.25, 0.3) is 0 Å². The summed E-state index contributed by atoms with van der Waals surface area (Å²) in [4.78, 5) is 11.4. The second-order valence-electron chi connectivity index (χ2n) is 4.69. The smallest absolute Gasteiger partial charge is 0.407 e. The lowest BCUT2D eigenvalue weighted by molar-refractivity contribution is -0.870. The van der Waals surface area contributed by atoms with E-state index in [0.29, 0.717) is 12.4 Å². The van der Waals surface area contributed by atoms with Crippen LogP contribution in [0.3, 0.4) is 0 Å². The maximum atomic E-state index is 11.4. The van der Waals surface area contributed by atoms with Crippen LogP contribution < -0.4 is 5.32 Å². The van der Waals surface area contributed by atoms with Crippen LogP contribution in [-0.2, 0) is 4.74 Å². The Morgan fingerprint density at radius 2 is 2.00 bits per heavy atom. The molecule has 16 heavy (non-hydrogen) atoms. The van der Waals surface area contributed by atoms with Gasteiger partial charge in [0.15, 0.2) is 0 Å². The van der Waals surface area contributed by atoms with Crippen molar-refractivity contribution in [3.63, 3.8) is 0 Å². The van der Waals surface area contributed by atoms with Crippen LogP contribution in [0.2, 0.25) is 0 Å². The third-order valence-corrected chi connectivity index (χ3v) is 2.71. The summed E-state index contributed by atoms with van der Waals surface area (Å²) in [6.45, 7) is 1.22. The highest BCUT2D eigenvalue weighted by molar-refractivity contribution is 7.80. The van der Waals surface area contributed by atoms with Gasteiger partial charge in [-0.05, 0) is 12.2 Å². The molecule has 4 nitrogen and oxygen atoms in total. The molecule has 1 amide bonds. The van der Waals surface area contributed by atoms with Crippen molar-refractivity contribution in [1.29, 1.82) is 0 Å². The van der Waals surface area contributed by atoms with Crippen molar-refractivity contribution in [3.8, 4) is 0 Å². The number of hydrogen-bond acceptors (Lipinski definition) is 4. The van der Waals surface area contributed by atoms with E-state index in [1.807, 2.05) is 0 Å². The van der Waals surface area contributed by atoms with Crippen molar-refractivity contribution < 1.29 is 14.0 Å². The minimum atomic E-state index is -0.366. The average Bonchev–Trinajstić information content (AvgIpc) is 2.15. The molecular weight excluding hydrogens is 244 g/mol. The number of thiol groups is 2. The molecule has 0 heterocycles. The number of amides is 1. The Morgan fingerprint density at radius 3 is 2.44 bits per heavy atom. The second kappa shape index (κ2) is 8.08. The molecular formula is C10H23N2O2S2+. The van der Waals surface area contributed by atoms with Gasteiger partial charge < -0.3 is 14.5 Å². The minimum Gasteiger partial charge on any atom is -0.444 e. The summed E-state index contributed by atoms with van der Waals surface area (Å²) in [5, 5.41) is 2.76. The van der Waals surface area contributed by atoms with Crippen LogP contribution in [0, 0.1) is 0 Å². The Kier molecular flexibility index (Phi) is 8.05. The second-order valence-corrected chi connectivity index (χ2v) is 5.50. The molecule has 0 aromatic heterocycles. The van der Waals surface area contributed by atoms with Crippen LogP contribution in [-0.4, -0.2) is 62.4 Å². The van der Waals surface area contributed by atoms with E-state index < -0.39 is 0 Å². The van der Waals surface area contributed by atoms with Crippen LogP contribution in [0.5, 0.6) is 0 Å². The van der Waals surface area contributed by atoms with Crippen LogP contribution in [0.4, 0.5) is 4.79 Å². The third-order valence-electron chi connectivity index (χ3n) is 2.02. The highest BCUT2D eigenvalue weighted by atomic mass is 32.1. The van der Waals surface area contributed by atoms with E-state index in [2.05, 4.69) is 51.7 Å². The topological polar surface area (TPSA) is 38.3 Å². The molecule has 0 aliphatic rings. The van der Waals surface area contributed by atoms with Gasteiger partial charge in [-0.2, -0.15) is 25.3 Å². The molecule has 0 spiro atoms. The summed E-state index contributed by atoms with van der Waals surface area (Å²) in [5.74, 6) is 1.33. The Morgan fingerprint density at radius 1 is 1.38 bits per heavy atom. The van der Waals surface area contributed by atoms with E-state index in [4.69, 9.17) is 4.74 Å². The number of alkyl carbamates (subject to hydrolysis) is 1. The normalized spacial score (nSPS) is 13.3. The van der Waals surface area contributed by atoms with Crippen molar-refractivity contribution in [1.82, 2.24) is 5.32 Å². The van der Waals surface area contributed by atoms with Crippen molar-refractivity contribution in [3.05, 3.63) is 0 Å². The summed E-state index contributed by atoms with van der Waals surface area (Å²) in [5.41, 5.74) is 0. The molecule has 0 bridgehead atoms. The summed E-state index contributed by atoms with van der Waals surface area (Å²) >= 11 is 8.27. The number of quaternary nitrogens is 1. The Balaban J connectivity index is 3.72. The number of carbonyl (C=O) groups excluding carboxylic acids is 1. The highest BCUT2D eigenvalue weighted by Crippen LogP contribution is 1.98. The van der Waals surface area contributed by atoms with Crippen molar-refractivity contribution in [2.45, 2.75) is 12.5 Å². The van der Waals surface area contributed by atoms with E-state index in [9.17, 15) is 4.79 Å². The molecule has 0 saturated carbocycles. The molecule has 0 saturated heterocycles. The van der Waals surface area contributed by atoms with E-state index in [1.165, 1.54) is 0 Å². The fourth-order valence-electron chi connectivity index (χ4n) is 0.985. The molecule has 96 valence electrons. The van der Waals surface area contributed by atoms with E-state index in [0.717, 1.165) is 23.2 Å². The first-order chi connectivity index (χ1) is 7.39. The number of nitrogens with one attached hydrogen (secondary N) is 1. The first-order valence-electron chi connectivity index (χ1n) is 5.34. The molecule has 6 heteroatoms. The SMILES string of the molecule is C[N+](C)(C)CCOC(=O)NC(CS)CCS. The lowest BCUT2D eigenvalue weighted by Gasteiger charge is -2.23. The number of hydrogen-bond donors (Lipinski definition) is 3. The van der Waals surface area contributed by atoms with Gasteiger partial charge in [0.05, 0.1) is 21.1 Å². The zero-order valence-electron chi connectivity index (χ0n) is 10.3. The molecule has 0 fully saturated rings. The van der Waals surface area contributed by atoms with Gasteiger partial charge in [-0.3, -0.25) is 0 Å². The van der Waals surface area contributed by atoms with E-state index in [-0.39, 0.29) is 12.1 Å². The summed E-state index contributed by atoms with van der Waals surface area (Å²) in [6.07, 6.45) is 0.436. The zero-order chi connectivity index (χ0) is 12.6. The molecule has 0 aromatic carbocycles. The maximum Gasteiger partial charge on any atom is 0.407 e. The lowest BCUT2D eigenvalue weighted by Crippen LogP contribution is -2.41. The molecule has 1 atom stereocenters. The molecule has 0 radical (unpaired) electrons. The third kappa shape index (κ3) is 9.18. The van der Waals surface area contributed by atoms with E-state index in [1.54, 1.807) is 0 Å². The quantitative estimate of drug-likeness (QED) is 0.476. The Labute approximate surface area is 109 Å². The van der Waals surface area contributed by atoms with Gasteiger partial charge in [-0.25, -0.2) is 4.79 Å². The zero-order valence-corrected chi connectivity index (χ0v) is 12.1. The van der Waals surface area contributed by atoms with Gasteiger partial charge in [-0.1, -0.05) is 0 Å². The van der Waals surface area contributed by atoms with Crippen molar-refractivity contribution >= 4 is 31.4 Å². The van der Waals surface area contributed by atoms with Crippen LogP contribution >= 0.6 is 25.3 Å². The number of likely N-dealkylation sites (N-methyl/N-ethyl adjacent to an activating group) is 1. The van der Waals surface area contributed by atoms with Crippen molar-refractivity contribution in [2.75, 3.05) is 45.8 Å². The summed E-state index contributed by atoms with van der Waals surface area (Å²) in [6, 6.07) is 0.0393. The fraction of sp³-hybridized carbons (Fsp3) is 0.900. The monoisotopic (exact) mass is 267 g/mol.